The van der Waals surface area contributed by atoms with Crippen LogP contribution < -0.4 is 15.4 Å². The van der Waals surface area contributed by atoms with Crippen LogP contribution in [0.4, 0.5) is 14.5 Å². The molecule has 4 heterocycles. The van der Waals surface area contributed by atoms with E-state index in [9.17, 15) is 13.9 Å². The molecule has 0 aliphatic carbocycles. The number of imidazole rings is 1. The van der Waals surface area contributed by atoms with Gasteiger partial charge >= 0.3 is 0 Å². The predicted octanol–water partition coefficient (Wildman–Crippen LogP) is 2.81. The molecule has 8 nitrogen and oxygen atoms in total. The molecule has 0 spiro atoms. The van der Waals surface area contributed by atoms with Gasteiger partial charge in [-0.15, -0.1) is 0 Å². The number of piperidine rings is 1. The van der Waals surface area contributed by atoms with E-state index in [1.807, 2.05) is 13.0 Å². The molecule has 5 rings (SSSR count). The van der Waals surface area contributed by atoms with Gasteiger partial charge in [0.25, 0.3) is 0 Å². The maximum absolute atomic E-state index is 14.7. The van der Waals surface area contributed by atoms with Crippen molar-refractivity contribution < 1.29 is 18.6 Å². The van der Waals surface area contributed by atoms with Crippen molar-refractivity contribution in [3.63, 3.8) is 0 Å². The normalized spacial score (nSPS) is 20.4. The second kappa shape index (κ2) is 9.20. The van der Waals surface area contributed by atoms with Crippen molar-refractivity contribution in [3.8, 4) is 17.0 Å². The number of halogens is 2. The molecule has 1 saturated heterocycles. The number of aliphatic hydroxyl groups excluding tert-OH is 1. The molecule has 1 aliphatic rings. The van der Waals surface area contributed by atoms with Crippen LogP contribution in [-0.4, -0.2) is 57.0 Å². The largest absolute Gasteiger partial charge is 0.497 e. The highest BCUT2D eigenvalue weighted by Crippen LogP contribution is 2.30. The zero-order valence-corrected chi connectivity index (χ0v) is 19.4. The zero-order valence-electron chi connectivity index (χ0n) is 19.4. The zero-order chi connectivity index (χ0) is 24.7. The van der Waals surface area contributed by atoms with Gasteiger partial charge in [0.1, 0.15) is 23.2 Å². The highest BCUT2D eigenvalue weighted by atomic mass is 19.1. The lowest BCUT2D eigenvalue weighted by molar-refractivity contribution is 0.0784. The standard InChI is InChI=1S/C25H26F2N6O2/c1-14-12-32(13-20(28)25(14)34)22-5-6-29-10-15(22)7-23-30-11-16-3-4-21(31-33(16)23)24-18(26)8-17(35-2)9-19(24)27/h3-6,8-11,14,20,25,34H,7,12-13,28H2,1-2H3/t14-,20+,25+/m0/s1. The molecule has 10 heteroatoms. The number of anilines is 1. The lowest BCUT2D eigenvalue weighted by Crippen LogP contribution is -2.55. The Morgan fingerprint density at radius 1 is 1.14 bits per heavy atom. The Morgan fingerprint density at radius 2 is 1.91 bits per heavy atom. The summed E-state index contributed by atoms with van der Waals surface area (Å²) in [5, 5.41) is 14.7. The summed E-state index contributed by atoms with van der Waals surface area (Å²) in [7, 11) is 1.35. The number of fused-ring (bicyclic) bond motifs is 1. The van der Waals surface area contributed by atoms with E-state index in [4.69, 9.17) is 10.5 Å². The molecule has 1 aliphatic heterocycles. The average Bonchev–Trinajstić information content (AvgIpc) is 3.24. The third kappa shape index (κ3) is 4.30. The number of ether oxygens (including phenoxy) is 1. The van der Waals surface area contributed by atoms with Gasteiger partial charge in [-0.05, 0) is 18.2 Å². The topological polar surface area (TPSA) is 102 Å². The average molecular weight is 481 g/mol. The number of aliphatic hydroxyl groups is 1. The van der Waals surface area contributed by atoms with E-state index >= 15 is 0 Å². The van der Waals surface area contributed by atoms with E-state index in [1.54, 1.807) is 35.2 Å². The number of benzene rings is 1. The summed E-state index contributed by atoms with van der Waals surface area (Å²) in [6.07, 6.45) is 5.00. The molecule has 3 aromatic heterocycles. The molecule has 0 amide bonds. The van der Waals surface area contributed by atoms with Gasteiger partial charge in [-0.1, -0.05) is 6.92 Å². The number of aromatic nitrogens is 4. The third-order valence-corrected chi connectivity index (χ3v) is 6.49. The molecule has 1 aromatic carbocycles. The van der Waals surface area contributed by atoms with E-state index in [1.165, 1.54) is 7.11 Å². The first-order chi connectivity index (χ1) is 16.9. The van der Waals surface area contributed by atoms with Gasteiger partial charge in [-0.2, -0.15) is 5.10 Å². The summed E-state index contributed by atoms with van der Waals surface area (Å²) in [6.45, 7) is 3.15. The summed E-state index contributed by atoms with van der Waals surface area (Å²) in [4.78, 5) is 10.9. The van der Waals surface area contributed by atoms with Crippen LogP contribution in [0.5, 0.6) is 5.75 Å². The molecule has 4 aromatic rings. The fourth-order valence-electron chi connectivity index (χ4n) is 4.65. The fraction of sp³-hybridized carbons (Fsp3) is 0.320. The van der Waals surface area contributed by atoms with Crippen LogP contribution in [-0.2, 0) is 6.42 Å². The molecule has 0 unspecified atom stereocenters. The van der Waals surface area contributed by atoms with Gasteiger partial charge in [0, 0.05) is 67.2 Å². The minimum Gasteiger partial charge on any atom is -0.497 e. The maximum atomic E-state index is 14.7. The van der Waals surface area contributed by atoms with Crippen LogP contribution in [0.25, 0.3) is 16.8 Å². The van der Waals surface area contributed by atoms with Gasteiger partial charge in [0.05, 0.1) is 36.2 Å². The van der Waals surface area contributed by atoms with Gasteiger partial charge in [0.15, 0.2) is 0 Å². The SMILES string of the molecule is COc1cc(F)c(-c2ccc3cnc(Cc4cnccc4N4C[C@@H](N)[C@H](O)[C@@H](C)C4)n3n2)c(F)c1. The predicted molar refractivity (Wildman–Crippen MR) is 127 cm³/mol. The maximum Gasteiger partial charge on any atom is 0.139 e. The lowest BCUT2D eigenvalue weighted by Gasteiger charge is -2.40. The van der Waals surface area contributed by atoms with E-state index in [0.717, 1.165) is 23.4 Å². The Morgan fingerprint density at radius 3 is 2.63 bits per heavy atom. The highest BCUT2D eigenvalue weighted by molar-refractivity contribution is 5.64. The first-order valence-corrected chi connectivity index (χ1v) is 11.3. The number of hydrogen-bond acceptors (Lipinski definition) is 7. The van der Waals surface area contributed by atoms with Crippen molar-refractivity contribution >= 4 is 11.2 Å². The minimum atomic E-state index is -0.761. The van der Waals surface area contributed by atoms with Gasteiger partial charge in [-0.25, -0.2) is 18.3 Å². The molecule has 182 valence electrons. The second-order valence-corrected chi connectivity index (χ2v) is 8.91. The molecule has 3 N–H and O–H groups in total. The van der Waals surface area contributed by atoms with Crippen LogP contribution >= 0.6 is 0 Å². The number of nitrogens with zero attached hydrogens (tertiary/aromatic N) is 5. The van der Waals surface area contributed by atoms with Gasteiger partial charge in [0.2, 0.25) is 0 Å². The van der Waals surface area contributed by atoms with Crippen LogP contribution in [0, 0.1) is 17.6 Å². The molecule has 0 radical (unpaired) electrons. The van der Waals surface area contributed by atoms with E-state index < -0.39 is 17.7 Å². The summed E-state index contributed by atoms with van der Waals surface area (Å²) < 4.78 is 35.9. The van der Waals surface area contributed by atoms with Crippen molar-refractivity contribution in [2.45, 2.75) is 25.5 Å². The second-order valence-electron chi connectivity index (χ2n) is 8.91. The van der Waals surface area contributed by atoms with Crippen LogP contribution in [0.2, 0.25) is 0 Å². The highest BCUT2D eigenvalue weighted by Gasteiger charge is 2.31. The Balaban J connectivity index is 1.50. The van der Waals surface area contributed by atoms with Gasteiger partial charge < -0.3 is 20.5 Å². The Hall–Kier alpha value is -3.63. The summed E-state index contributed by atoms with van der Waals surface area (Å²) >= 11 is 0. The molecule has 0 bridgehead atoms. The smallest absolute Gasteiger partial charge is 0.139 e. The molecule has 0 saturated carbocycles. The van der Waals surface area contributed by atoms with Crippen molar-refractivity contribution in [1.29, 1.82) is 0 Å². The first kappa shape index (κ1) is 23.1. The quantitative estimate of drug-likeness (QED) is 0.453. The monoisotopic (exact) mass is 480 g/mol. The van der Waals surface area contributed by atoms with Crippen LogP contribution in [0.3, 0.4) is 0 Å². The molecular weight excluding hydrogens is 454 g/mol. The number of methoxy groups -OCH3 is 1. The molecule has 1 fully saturated rings. The van der Waals surface area contributed by atoms with Crippen molar-refractivity contribution in [1.82, 2.24) is 19.6 Å². The van der Waals surface area contributed by atoms with E-state index in [2.05, 4.69) is 20.0 Å². The summed E-state index contributed by atoms with van der Waals surface area (Å²) in [5.74, 6) is -0.813. The fourth-order valence-corrected chi connectivity index (χ4v) is 4.65. The molecular formula is C25H26F2N6O2. The number of rotatable bonds is 5. The van der Waals surface area contributed by atoms with Crippen LogP contribution in [0.1, 0.15) is 18.3 Å². The number of hydrogen-bond donors (Lipinski definition) is 2. The summed E-state index contributed by atoms with van der Waals surface area (Å²) in [6, 6.07) is 7.10. The third-order valence-electron chi connectivity index (χ3n) is 6.49. The van der Waals surface area contributed by atoms with Crippen molar-refractivity contribution in [2.75, 3.05) is 25.1 Å². The lowest BCUT2D eigenvalue weighted by atomic mass is 9.92. The van der Waals surface area contributed by atoms with Gasteiger partial charge in [-0.3, -0.25) is 4.98 Å². The Labute approximate surface area is 201 Å². The molecule has 3 atom stereocenters. The van der Waals surface area contributed by atoms with E-state index in [-0.39, 0.29) is 29.0 Å². The van der Waals surface area contributed by atoms with Crippen LogP contribution in [0.15, 0.2) is 48.9 Å². The number of nitrogens with two attached hydrogens (primary N) is 1. The number of pyridine rings is 1. The van der Waals surface area contributed by atoms with E-state index in [0.29, 0.717) is 30.9 Å². The minimum absolute atomic E-state index is 0.0190. The van der Waals surface area contributed by atoms with Crippen molar-refractivity contribution in [3.05, 3.63) is 71.9 Å². The Kier molecular flexibility index (Phi) is 6.08. The summed E-state index contributed by atoms with van der Waals surface area (Å²) in [5.41, 5.74) is 8.64. The van der Waals surface area contributed by atoms with Crippen molar-refractivity contribution in [2.24, 2.45) is 11.7 Å². The Bertz CT molecular complexity index is 1340. The first-order valence-electron chi connectivity index (χ1n) is 11.3. The molecule has 35 heavy (non-hydrogen) atoms.